The van der Waals surface area contributed by atoms with Gasteiger partial charge in [-0.25, -0.2) is 4.79 Å². The molecule has 2 N–H and O–H groups in total. The lowest BCUT2D eigenvalue weighted by Crippen LogP contribution is -2.44. The summed E-state index contributed by atoms with van der Waals surface area (Å²) in [4.78, 5) is 22.4. The van der Waals surface area contributed by atoms with Crippen LogP contribution in [0.3, 0.4) is 0 Å². The molecular weight excluding hydrogens is 345 g/mol. The second kappa shape index (κ2) is 7.08. The van der Waals surface area contributed by atoms with Crippen LogP contribution in [0.1, 0.15) is 12.5 Å². The van der Waals surface area contributed by atoms with Crippen molar-refractivity contribution in [2.45, 2.75) is 31.9 Å². The highest BCUT2D eigenvalue weighted by Gasteiger charge is 2.42. The predicted octanol–water partition coefficient (Wildman–Crippen LogP) is 2.00. The van der Waals surface area contributed by atoms with E-state index >= 15 is 0 Å². The number of halogens is 3. The number of nitrogens with zero attached hydrogens (tertiary/aromatic N) is 1. The second-order valence-corrected chi connectivity index (χ2v) is 5.60. The van der Waals surface area contributed by atoms with E-state index in [2.05, 4.69) is 5.32 Å². The molecule has 0 saturated carbocycles. The van der Waals surface area contributed by atoms with Gasteiger partial charge in [0.2, 0.25) is 0 Å². The molecule has 0 aromatic heterocycles. The van der Waals surface area contributed by atoms with Crippen molar-refractivity contribution in [3.63, 3.8) is 0 Å². The van der Waals surface area contributed by atoms with E-state index in [1.165, 1.54) is 6.92 Å². The lowest BCUT2D eigenvalue weighted by Gasteiger charge is -2.25. The number of rotatable bonds is 5. The molecule has 1 aromatic carbocycles. The van der Waals surface area contributed by atoms with Gasteiger partial charge in [-0.3, -0.25) is 4.79 Å². The maximum atomic E-state index is 12.5. The minimum atomic E-state index is -4.91. The van der Waals surface area contributed by atoms with E-state index in [1.807, 2.05) is 0 Å². The summed E-state index contributed by atoms with van der Waals surface area (Å²) in [6.45, 7) is 1.44. The number of hydrogen-bond acceptors (Lipinski definition) is 4. The first-order chi connectivity index (χ1) is 11.6. The zero-order chi connectivity index (χ0) is 18.8. The summed E-state index contributed by atoms with van der Waals surface area (Å²) in [5, 5.41) is 10.7. The summed E-state index contributed by atoms with van der Waals surface area (Å²) in [7, 11) is 1.10. The number of amides is 2. The van der Waals surface area contributed by atoms with E-state index in [4.69, 9.17) is 14.6 Å². The third-order valence-electron chi connectivity index (χ3n) is 3.70. The Morgan fingerprint density at radius 1 is 1.32 bits per heavy atom. The summed E-state index contributed by atoms with van der Waals surface area (Å²) < 4.78 is 48.2. The Hall–Kier alpha value is -2.65. The zero-order valence-corrected chi connectivity index (χ0v) is 13.5. The van der Waals surface area contributed by atoms with Crippen LogP contribution in [0.5, 0.6) is 11.5 Å². The van der Waals surface area contributed by atoms with Crippen molar-refractivity contribution in [2.24, 2.45) is 0 Å². The minimum absolute atomic E-state index is 0.0709. The van der Waals surface area contributed by atoms with Crippen molar-refractivity contribution in [1.82, 2.24) is 10.2 Å². The van der Waals surface area contributed by atoms with Crippen LogP contribution in [0.2, 0.25) is 0 Å². The fourth-order valence-corrected chi connectivity index (χ4v) is 2.31. The van der Waals surface area contributed by atoms with E-state index in [0.29, 0.717) is 22.0 Å². The molecular formula is C15H17F3N2O5. The molecule has 7 nitrogen and oxygen atoms in total. The molecule has 1 heterocycles. The Kier molecular flexibility index (Phi) is 5.29. The normalized spacial score (nSPS) is 17.1. The van der Waals surface area contributed by atoms with Crippen LogP contribution in [0, 0.1) is 0 Å². The molecule has 0 spiro atoms. The number of fused-ring (bicyclic) bond motifs is 1. The molecule has 0 fully saturated rings. The molecule has 2 unspecified atom stereocenters. The number of nitrogens with one attached hydrogen (secondary N) is 1. The van der Waals surface area contributed by atoms with E-state index < -0.39 is 30.5 Å². The van der Waals surface area contributed by atoms with Gasteiger partial charge in [0.05, 0.1) is 6.54 Å². The van der Waals surface area contributed by atoms with Gasteiger partial charge < -0.3 is 24.8 Å². The fraction of sp³-hybridized carbons (Fsp3) is 0.467. The monoisotopic (exact) mass is 362 g/mol. The number of alkyl halides is 3. The summed E-state index contributed by atoms with van der Waals surface area (Å²) in [6, 6.07) is 4.15. The maximum Gasteiger partial charge on any atom is 0.471 e. The van der Waals surface area contributed by atoms with Crippen molar-refractivity contribution >= 4 is 12.0 Å². The second-order valence-electron chi connectivity index (χ2n) is 5.60. The number of benzene rings is 1. The minimum Gasteiger partial charge on any atom is -0.465 e. The number of likely N-dealkylation sites (N-methyl/N-ethyl adjacent to an activating group) is 1. The third kappa shape index (κ3) is 4.68. The van der Waals surface area contributed by atoms with E-state index in [9.17, 15) is 22.8 Å². The molecule has 2 rings (SSSR count). The Labute approximate surface area is 141 Å². The molecule has 0 bridgehead atoms. The van der Waals surface area contributed by atoms with E-state index in [-0.39, 0.29) is 13.0 Å². The fourth-order valence-electron chi connectivity index (χ4n) is 2.31. The molecule has 138 valence electrons. The first-order valence-electron chi connectivity index (χ1n) is 7.35. The van der Waals surface area contributed by atoms with Gasteiger partial charge in [-0.1, -0.05) is 6.07 Å². The summed E-state index contributed by atoms with van der Waals surface area (Å²) in [5.74, 6) is -1.12. The third-order valence-corrected chi connectivity index (χ3v) is 3.70. The highest BCUT2D eigenvalue weighted by atomic mass is 19.4. The van der Waals surface area contributed by atoms with Crippen molar-refractivity contribution in [1.29, 1.82) is 0 Å². The molecule has 2 atom stereocenters. The van der Waals surface area contributed by atoms with E-state index in [0.717, 1.165) is 7.05 Å². The molecule has 1 aromatic rings. The van der Waals surface area contributed by atoms with Crippen LogP contribution >= 0.6 is 0 Å². The smallest absolute Gasteiger partial charge is 0.465 e. The Morgan fingerprint density at radius 2 is 1.96 bits per heavy atom. The van der Waals surface area contributed by atoms with Gasteiger partial charge in [-0.15, -0.1) is 0 Å². The zero-order valence-electron chi connectivity index (χ0n) is 13.5. The standard InChI is InChI=1S/C15H17F3N2O5/c1-8(20(2)13(21)15(16,17)18)5-9-3-4-10-11(6-9)25-12(24-10)7-19-14(22)23/h3-4,6,8,12,19H,5,7H2,1-2H3,(H,22,23). The van der Waals surface area contributed by atoms with Crippen LogP contribution in [-0.4, -0.2) is 54.1 Å². The van der Waals surface area contributed by atoms with Gasteiger partial charge in [-0.2, -0.15) is 13.2 Å². The molecule has 0 saturated heterocycles. The number of carbonyl (C=O) groups is 2. The van der Waals surface area contributed by atoms with Gasteiger partial charge in [0, 0.05) is 13.1 Å². The molecule has 0 radical (unpaired) electrons. The van der Waals surface area contributed by atoms with Crippen molar-refractivity contribution < 1.29 is 37.3 Å². The lowest BCUT2D eigenvalue weighted by atomic mass is 10.1. The quantitative estimate of drug-likeness (QED) is 0.837. The number of ether oxygens (including phenoxy) is 2. The van der Waals surface area contributed by atoms with Crippen LogP contribution in [-0.2, 0) is 11.2 Å². The van der Waals surface area contributed by atoms with Crippen LogP contribution in [0.15, 0.2) is 18.2 Å². The largest absolute Gasteiger partial charge is 0.471 e. The van der Waals surface area contributed by atoms with Gasteiger partial charge in [0.15, 0.2) is 11.5 Å². The highest BCUT2D eigenvalue weighted by molar-refractivity contribution is 5.81. The van der Waals surface area contributed by atoms with Gasteiger partial charge >= 0.3 is 18.2 Å². The van der Waals surface area contributed by atoms with Crippen molar-refractivity contribution in [3.8, 4) is 11.5 Å². The maximum absolute atomic E-state index is 12.5. The van der Waals surface area contributed by atoms with Gasteiger partial charge in [0.1, 0.15) is 0 Å². The number of carboxylic acid groups (broad SMARTS) is 1. The van der Waals surface area contributed by atoms with Gasteiger partial charge in [-0.05, 0) is 31.0 Å². The topological polar surface area (TPSA) is 88.1 Å². The Bertz CT molecular complexity index is 665. The first-order valence-corrected chi connectivity index (χ1v) is 7.35. The molecule has 1 aliphatic rings. The predicted molar refractivity (Wildman–Crippen MR) is 79.5 cm³/mol. The van der Waals surface area contributed by atoms with Crippen LogP contribution in [0.25, 0.3) is 0 Å². The van der Waals surface area contributed by atoms with Crippen molar-refractivity contribution in [3.05, 3.63) is 23.8 Å². The van der Waals surface area contributed by atoms with Gasteiger partial charge in [0.25, 0.3) is 6.29 Å². The van der Waals surface area contributed by atoms with E-state index in [1.54, 1.807) is 18.2 Å². The molecule has 1 aliphatic heterocycles. The SMILES string of the molecule is CC(Cc1ccc2c(c1)OC(CNC(=O)O)O2)N(C)C(=O)C(F)(F)F. The number of hydrogen-bond donors (Lipinski definition) is 2. The lowest BCUT2D eigenvalue weighted by molar-refractivity contribution is -0.185. The van der Waals surface area contributed by atoms with Crippen molar-refractivity contribution in [2.75, 3.05) is 13.6 Å². The molecule has 10 heteroatoms. The summed E-state index contributed by atoms with van der Waals surface area (Å²) in [6.07, 6.45) is -6.75. The first kappa shape index (κ1) is 18.7. The average Bonchev–Trinajstić information content (AvgIpc) is 2.92. The summed E-state index contributed by atoms with van der Waals surface area (Å²) >= 11 is 0. The van der Waals surface area contributed by atoms with Crippen LogP contribution in [0.4, 0.5) is 18.0 Å². The molecule has 2 amide bonds. The number of carbonyl (C=O) groups excluding carboxylic acids is 1. The molecule has 0 aliphatic carbocycles. The van der Waals surface area contributed by atoms with Crippen LogP contribution < -0.4 is 14.8 Å². The summed E-state index contributed by atoms with van der Waals surface area (Å²) in [5.41, 5.74) is 0.656. The Balaban J connectivity index is 1.99. The highest BCUT2D eigenvalue weighted by Crippen LogP contribution is 2.35. The average molecular weight is 362 g/mol. The Morgan fingerprint density at radius 3 is 2.56 bits per heavy atom. The molecule has 25 heavy (non-hydrogen) atoms.